The predicted molar refractivity (Wildman–Crippen MR) is 75.1 cm³/mol. The maximum absolute atomic E-state index is 12.1. The van der Waals surface area contributed by atoms with Gasteiger partial charge in [-0.3, -0.25) is 4.79 Å². The Morgan fingerprint density at radius 3 is 3.06 bits per heavy atom. The average Bonchev–Trinajstić information content (AvgIpc) is 2.85. The number of amides is 1. The van der Waals surface area contributed by atoms with Crippen LogP contribution >= 0.6 is 27.5 Å². The van der Waals surface area contributed by atoms with E-state index < -0.39 is 0 Å². The van der Waals surface area contributed by atoms with Crippen LogP contribution in [0.15, 0.2) is 22.7 Å². The molecule has 1 saturated heterocycles. The minimum absolute atomic E-state index is 0.00458. The lowest BCUT2D eigenvalue weighted by Crippen LogP contribution is -2.40. The van der Waals surface area contributed by atoms with E-state index in [-0.39, 0.29) is 18.1 Å². The summed E-state index contributed by atoms with van der Waals surface area (Å²) in [6.07, 6.45) is 2.16. The molecule has 18 heavy (non-hydrogen) atoms. The fourth-order valence-corrected chi connectivity index (χ4v) is 2.61. The van der Waals surface area contributed by atoms with Crippen molar-refractivity contribution in [2.24, 2.45) is 0 Å². The fraction of sp³-hybridized carbons (Fsp3) is 0.462. The predicted octanol–water partition coefficient (Wildman–Crippen LogP) is 3.40. The zero-order valence-electron chi connectivity index (χ0n) is 10.1. The van der Waals surface area contributed by atoms with Crippen molar-refractivity contribution in [1.82, 2.24) is 5.32 Å². The molecule has 1 amide bonds. The zero-order valence-corrected chi connectivity index (χ0v) is 12.4. The van der Waals surface area contributed by atoms with Gasteiger partial charge in [-0.1, -0.05) is 27.5 Å². The molecule has 3 nitrogen and oxygen atoms in total. The number of hydrogen-bond donors (Lipinski definition) is 1. The molecule has 98 valence electrons. The quantitative estimate of drug-likeness (QED) is 0.921. The number of benzene rings is 1. The molecular weight excluding hydrogens is 318 g/mol. The summed E-state index contributed by atoms with van der Waals surface area (Å²) in [5, 5.41) is 3.39. The van der Waals surface area contributed by atoms with E-state index in [0.717, 1.165) is 23.9 Å². The maximum Gasteiger partial charge on any atom is 0.253 e. The highest BCUT2D eigenvalue weighted by atomic mass is 79.9. The van der Waals surface area contributed by atoms with Crippen molar-refractivity contribution in [3.8, 4) is 0 Å². The van der Waals surface area contributed by atoms with Gasteiger partial charge in [0.05, 0.1) is 22.7 Å². The smallest absolute Gasteiger partial charge is 0.253 e. The fourth-order valence-electron chi connectivity index (χ4n) is 2.05. The van der Waals surface area contributed by atoms with E-state index in [1.807, 2.05) is 13.0 Å². The van der Waals surface area contributed by atoms with Gasteiger partial charge in [0.15, 0.2) is 0 Å². The van der Waals surface area contributed by atoms with Crippen molar-refractivity contribution >= 4 is 33.4 Å². The van der Waals surface area contributed by atoms with Gasteiger partial charge in [0.25, 0.3) is 5.91 Å². The summed E-state index contributed by atoms with van der Waals surface area (Å²) >= 11 is 9.36. The second-order valence-corrected chi connectivity index (χ2v) is 5.76. The number of halogens is 2. The standard InChI is InChI=1S/C13H15BrClNO2/c1-8(12-3-2-6-18-12)16-13(17)10-7-9(14)4-5-11(10)15/h4-5,7-8,12H,2-3,6H2,1H3,(H,16,17)/t8-,12+/m1/s1. The highest BCUT2D eigenvalue weighted by molar-refractivity contribution is 9.10. The summed E-state index contributed by atoms with van der Waals surface area (Å²) in [5.41, 5.74) is 0.482. The molecule has 0 saturated carbocycles. The Hall–Kier alpha value is -0.580. The molecule has 1 aliphatic heterocycles. The largest absolute Gasteiger partial charge is 0.376 e. The van der Waals surface area contributed by atoms with Gasteiger partial charge in [-0.2, -0.15) is 0 Å². The Balaban J connectivity index is 2.04. The molecule has 1 aromatic rings. The monoisotopic (exact) mass is 331 g/mol. The van der Waals surface area contributed by atoms with Gasteiger partial charge in [0.2, 0.25) is 0 Å². The number of carbonyl (C=O) groups is 1. The van der Waals surface area contributed by atoms with Crippen molar-refractivity contribution in [3.05, 3.63) is 33.3 Å². The number of carbonyl (C=O) groups excluding carboxylic acids is 1. The van der Waals surface area contributed by atoms with Gasteiger partial charge in [-0.25, -0.2) is 0 Å². The molecule has 0 spiro atoms. The van der Waals surface area contributed by atoms with Crippen LogP contribution in [0, 0.1) is 0 Å². The van der Waals surface area contributed by atoms with E-state index in [4.69, 9.17) is 16.3 Å². The molecule has 0 unspecified atom stereocenters. The van der Waals surface area contributed by atoms with E-state index in [0.29, 0.717) is 10.6 Å². The second kappa shape index (κ2) is 6.04. The molecular formula is C13H15BrClNO2. The first kappa shape index (κ1) is 13.8. The van der Waals surface area contributed by atoms with Crippen LogP contribution in [0.25, 0.3) is 0 Å². The summed E-state index contributed by atoms with van der Waals surface area (Å²) in [4.78, 5) is 12.1. The summed E-state index contributed by atoms with van der Waals surface area (Å²) in [7, 11) is 0. The molecule has 2 atom stereocenters. The number of rotatable bonds is 3. The van der Waals surface area contributed by atoms with Gasteiger partial charge < -0.3 is 10.1 Å². The molecule has 0 aromatic heterocycles. The van der Waals surface area contributed by atoms with Crippen LogP contribution in [-0.4, -0.2) is 24.7 Å². The molecule has 1 aliphatic rings. The van der Waals surface area contributed by atoms with Crippen LogP contribution in [0.1, 0.15) is 30.1 Å². The second-order valence-electron chi connectivity index (χ2n) is 4.44. The maximum atomic E-state index is 12.1. The van der Waals surface area contributed by atoms with Gasteiger partial charge >= 0.3 is 0 Å². The van der Waals surface area contributed by atoms with Gasteiger partial charge in [0, 0.05) is 11.1 Å². The number of hydrogen-bond acceptors (Lipinski definition) is 2. The molecule has 1 heterocycles. The molecule has 1 fully saturated rings. The molecule has 1 N–H and O–H groups in total. The zero-order chi connectivity index (χ0) is 13.1. The van der Waals surface area contributed by atoms with Crippen molar-refractivity contribution in [3.63, 3.8) is 0 Å². The number of ether oxygens (including phenoxy) is 1. The minimum atomic E-state index is -0.163. The van der Waals surface area contributed by atoms with Crippen molar-refractivity contribution in [2.45, 2.75) is 31.9 Å². The van der Waals surface area contributed by atoms with Crippen LogP contribution in [0.2, 0.25) is 5.02 Å². The Labute approximate surface area is 120 Å². The first-order valence-electron chi connectivity index (χ1n) is 5.95. The van der Waals surface area contributed by atoms with Crippen LogP contribution in [0.3, 0.4) is 0 Å². The third kappa shape index (κ3) is 3.25. The van der Waals surface area contributed by atoms with Crippen molar-refractivity contribution in [2.75, 3.05) is 6.61 Å². The molecule has 1 aromatic carbocycles. The first-order valence-corrected chi connectivity index (χ1v) is 7.12. The Bertz CT molecular complexity index is 447. The molecule has 5 heteroatoms. The van der Waals surface area contributed by atoms with Crippen LogP contribution in [0.5, 0.6) is 0 Å². The first-order chi connectivity index (χ1) is 8.58. The van der Waals surface area contributed by atoms with Gasteiger partial charge in [0.1, 0.15) is 0 Å². The summed E-state index contributed by atoms with van der Waals surface area (Å²) in [6, 6.07) is 5.23. The highest BCUT2D eigenvalue weighted by Gasteiger charge is 2.24. The normalized spacial score (nSPS) is 20.7. The third-order valence-electron chi connectivity index (χ3n) is 3.05. The highest BCUT2D eigenvalue weighted by Crippen LogP contribution is 2.22. The summed E-state index contributed by atoms with van der Waals surface area (Å²) < 4.78 is 6.38. The van der Waals surface area contributed by atoms with E-state index in [9.17, 15) is 4.79 Å². The Morgan fingerprint density at radius 1 is 1.61 bits per heavy atom. The molecule has 0 aliphatic carbocycles. The third-order valence-corrected chi connectivity index (χ3v) is 3.88. The lowest BCUT2D eigenvalue weighted by atomic mass is 10.1. The minimum Gasteiger partial charge on any atom is -0.376 e. The van der Waals surface area contributed by atoms with Crippen molar-refractivity contribution in [1.29, 1.82) is 0 Å². The van der Waals surface area contributed by atoms with Crippen molar-refractivity contribution < 1.29 is 9.53 Å². The summed E-state index contributed by atoms with van der Waals surface area (Å²) in [6.45, 7) is 2.74. The van der Waals surface area contributed by atoms with Crippen LogP contribution < -0.4 is 5.32 Å². The van der Waals surface area contributed by atoms with E-state index in [2.05, 4.69) is 21.2 Å². The molecule has 0 bridgehead atoms. The summed E-state index contributed by atoms with van der Waals surface area (Å²) in [5.74, 6) is -0.163. The van der Waals surface area contributed by atoms with E-state index >= 15 is 0 Å². The van der Waals surface area contributed by atoms with Crippen LogP contribution in [0.4, 0.5) is 0 Å². The lowest BCUT2D eigenvalue weighted by Gasteiger charge is -2.20. The SMILES string of the molecule is C[C@@H](NC(=O)c1cc(Br)ccc1Cl)[C@@H]1CCCO1. The van der Waals surface area contributed by atoms with E-state index in [1.165, 1.54) is 0 Å². The molecule has 2 rings (SSSR count). The topological polar surface area (TPSA) is 38.3 Å². The van der Waals surface area contributed by atoms with Gasteiger partial charge in [-0.05, 0) is 38.0 Å². The van der Waals surface area contributed by atoms with Gasteiger partial charge in [-0.15, -0.1) is 0 Å². The lowest BCUT2D eigenvalue weighted by molar-refractivity contribution is 0.0712. The Kier molecular flexibility index (Phi) is 4.65. The van der Waals surface area contributed by atoms with Crippen LogP contribution in [-0.2, 0) is 4.74 Å². The van der Waals surface area contributed by atoms with E-state index in [1.54, 1.807) is 12.1 Å². The average molecular weight is 333 g/mol. The molecule has 0 radical (unpaired) electrons. The Morgan fingerprint density at radius 2 is 2.39 bits per heavy atom. The number of nitrogens with one attached hydrogen (secondary N) is 1.